The van der Waals surface area contributed by atoms with E-state index in [2.05, 4.69) is 15.5 Å². The molecule has 1 aliphatic heterocycles. The highest BCUT2D eigenvalue weighted by molar-refractivity contribution is 5.95. The van der Waals surface area contributed by atoms with Crippen molar-refractivity contribution in [1.29, 1.82) is 0 Å². The molecule has 0 unspecified atom stereocenters. The van der Waals surface area contributed by atoms with Gasteiger partial charge in [0.15, 0.2) is 0 Å². The SMILES string of the molecule is CN(Cc1cn[nH]c1)C(=O)c1ccc2c(c1)NCC2. The fourth-order valence-electron chi connectivity index (χ4n) is 2.35. The zero-order chi connectivity index (χ0) is 13.2. The smallest absolute Gasteiger partial charge is 0.253 e. The molecule has 1 aromatic carbocycles. The summed E-state index contributed by atoms with van der Waals surface area (Å²) in [4.78, 5) is 14.0. The van der Waals surface area contributed by atoms with Gasteiger partial charge in [0, 0.05) is 43.1 Å². The zero-order valence-corrected chi connectivity index (χ0v) is 10.8. The first-order chi connectivity index (χ1) is 9.24. The molecule has 5 heteroatoms. The fraction of sp³-hybridized carbons (Fsp3) is 0.286. The van der Waals surface area contributed by atoms with Crippen molar-refractivity contribution in [3.63, 3.8) is 0 Å². The van der Waals surface area contributed by atoms with Crippen LogP contribution in [0.3, 0.4) is 0 Å². The van der Waals surface area contributed by atoms with Crippen LogP contribution >= 0.6 is 0 Å². The van der Waals surface area contributed by atoms with E-state index in [0.717, 1.165) is 29.8 Å². The molecule has 0 aliphatic carbocycles. The van der Waals surface area contributed by atoms with Crippen LogP contribution in [-0.2, 0) is 13.0 Å². The normalized spacial score (nSPS) is 12.9. The number of hydrogen-bond donors (Lipinski definition) is 2. The van der Waals surface area contributed by atoms with Gasteiger partial charge in [0.25, 0.3) is 5.91 Å². The second-order valence-corrected chi connectivity index (χ2v) is 4.82. The largest absolute Gasteiger partial charge is 0.384 e. The summed E-state index contributed by atoms with van der Waals surface area (Å²) in [5.41, 5.74) is 4.09. The maximum atomic E-state index is 12.3. The molecule has 2 heterocycles. The fourth-order valence-corrected chi connectivity index (χ4v) is 2.35. The summed E-state index contributed by atoms with van der Waals surface area (Å²) in [6.07, 6.45) is 4.57. The number of rotatable bonds is 3. The van der Waals surface area contributed by atoms with Gasteiger partial charge in [0.2, 0.25) is 0 Å². The van der Waals surface area contributed by atoms with Gasteiger partial charge in [-0.15, -0.1) is 0 Å². The molecule has 0 radical (unpaired) electrons. The molecule has 2 N–H and O–H groups in total. The summed E-state index contributed by atoms with van der Waals surface area (Å²) in [7, 11) is 1.80. The Kier molecular flexibility index (Phi) is 2.95. The molecule has 0 atom stereocenters. The minimum absolute atomic E-state index is 0.0256. The average Bonchev–Trinajstić information content (AvgIpc) is 3.07. The van der Waals surface area contributed by atoms with E-state index < -0.39 is 0 Å². The number of aromatic nitrogens is 2. The topological polar surface area (TPSA) is 61.0 Å². The van der Waals surface area contributed by atoms with E-state index >= 15 is 0 Å². The number of amides is 1. The Morgan fingerprint density at radius 3 is 3.16 bits per heavy atom. The molecule has 5 nitrogen and oxygen atoms in total. The lowest BCUT2D eigenvalue weighted by atomic mass is 10.1. The molecule has 98 valence electrons. The highest BCUT2D eigenvalue weighted by Crippen LogP contribution is 2.23. The molecule has 0 saturated carbocycles. The third kappa shape index (κ3) is 2.31. The zero-order valence-electron chi connectivity index (χ0n) is 10.8. The number of H-pyrrole nitrogens is 1. The Morgan fingerprint density at radius 1 is 1.47 bits per heavy atom. The average molecular weight is 256 g/mol. The molecule has 3 rings (SSSR count). The van der Waals surface area contributed by atoms with Crippen LogP contribution in [0.5, 0.6) is 0 Å². The maximum absolute atomic E-state index is 12.3. The van der Waals surface area contributed by atoms with Crippen molar-refractivity contribution in [2.75, 3.05) is 18.9 Å². The number of aromatic amines is 1. The molecule has 0 saturated heterocycles. The molecule has 0 fully saturated rings. The van der Waals surface area contributed by atoms with Gasteiger partial charge in [0.05, 0.1) is 6.20 Å². The van der Waals surface area contributed by atoms with Crippen molar-refractivity contribution >= 4 is 11.6 Å². The predicted octanol–water partition coefficient (Wildman–Crippen LogP) is 1.65. The molecule has 2 aromatic rings. The van der Waals surface area contributed by atoms with E-state index in [1.54, 1.807) is 24.3 Å². The molecule has 1 aliphatic rings. The van der Waals surface area contributed by atoms with Crippen LogP contribution in [0, 0.1) is 0 Å². The summed E-state index contributed by atoms with van der Waals surface area (Å²) in [6.45, 7) is 1.51. The first-order valence-electron chi connectivity index (χ1n) is 6.34. The van der Waals surface area contributed by atoms with Gasteiger partial charge in [-0.2, -0.15) is 5.10 Å². The minimum Gasteiger partial charge on any atom is -0.384 e. The molecular formula is C14H16N4O. The molecule has 0 spiro atoms. The van der Waals surface area contributed by atoms with Gasteiger partial charge in [-0.1, -0.05) is 6.07 Å². The second kappa shape index (κ2) is 4.76. The Labute approximate surface area is 111 Å². The van der Waals surface area contributed by atoms with Gasteiger partial charge < -0.3 is 10.2 Å². The number of carbonyl (C=O) groups is 1. The van der Waals surface area contributed by atoms with Crippen LogP contribution in [0.1, 0.15) is 21.5 Å². The monoisotopic (exact) mass is 256 g/mol. The molecule has 1 amide bonds. The van der Waals surface area contributed by atoms with Crippen LogP contribution in [-0.4, -0.2) is 34.6 Å². The summed E-state index contributed by atoms with van der Waals surface area (Å²) in [5.74, 6) is 0.0256. The maximum Gasteiger partial charge on any atom is 0.253 e. The van der Waals surface area contributed by atoms with Gasteiger partial charge in [-0.25, -0.2) is 0 Å². The third-order valence-electron chi connectivity index (χ3n) is 3.39. The summed E-state index contributed by atoms with van der Waals surface area (Å²) >= 11 is 0. The summed E-state index contributed by atoms with van der Waals surface area (Å²) in [6, 6.07) is 5.88. The Hall–Kier alpha value is -2.30. The van der Waals surface area contributed by atoms with Crippen LogP contribution in [0.25, 0.3) is 0 Å². The van der Waals surface area contributed by atoms with E-state index in [9.17, 15) is 4.79 Å². The number of benzene rings is 1. The predicted molar refractivity (Wildman–Crippen MR) is 73.0 cm³/mol. The Bertz CT molecular complexity index is 591. The standard InChI is InChI=1S/C14H16N4O/c1-18(9-10-7-16-17-8-10)14(19)12-3-2-11-4-5-15-13(11)6-12/h2-3,6-8,15H,4-5,9H2,1H3,(H,16,17). The summed E-state index contributed by atoms with van der Waals surface area (Å²) < 4.78 is 0. The summed E-state index contributed by atoms with van der Waals surface area (Å²) in [5, 5.41) is 9.93. The first-order valence-corrected chi connectivity index (χ1v) is 6.34. The van der Waals surface area contributed by atoms with Crippen LogP contribution in [0.15, 0.2) is 30.6 Å². The van der Waals surface area contributed by atoms with Crippen molar-refractivity contribution in [3.05, 3.63) is 47.3 Å². The molecule has 19 heavy (non-hydrogen) atoms. The minimum atomic E-state index is 0.0256. The Morgan fingerprint density at radius 2 is 2.37 bits per heavy atom. The van der Waals surface area contributed by atoms with E-state index in [1.807, 2.05) is 18.2 Å². The highest BCUT2D eigenvalue weighted by atomic mass is 16.2. The number of hydrogen-bond acceptors (Lipinski definition) is 3. The third-order valence-corrected chi connectivity index (χ3v) is 3.39. The van der Waals surface area contributed by atoms with Gasteiger partial charge >= 0.3 is 0 Å². The van der Waals surface area contributed by atoms with Crippen LogP contribution in [0.2, 0.25) is 0 Å². The van der Waals surface area contributed by atoms with Gasteiger partial charge in [0.1, 0.15) is 0 Å². The van der Waals surface area contributed by atoms with Crippen molar-refractivity contribution in [3.8, 4) is 0 Å². The van der Waals surface area contributed by atoms with E-state index in [-0.39, 0.29) is 5.91 Å². The number of carbonyl (C=O) groups excluding carboxylic acids is 1. The lowest BCUT2D eigenvalue weighted by Crippen LogP contribution is -2.26. The van der Waals surface area contributed by atoms with Crippen molar-refractivity contribution in [2.45, 2.75) is 13.0 Å². The van der Waals surface area contributed by atoms with Crippen LogP contribution in [0.4, 0.5) is 5.69 Å². The van der Waals surface area contributed by atoms with E-state index in [4.69, 9.17) is 0 Å². The second-order valence-electron chi connectivity index (χ2n) is 4.82. The Balaban J connectivity index is 1.76. The van der Waals surface area contributed by atoms with Gasteiger partial charge in [-0.3, -0.25) is 9.89 Å². The van der Waals surface area contributed by atoms with Crippen molar-refractivity contribution < 1.29 is 4.79 Å². The number of anilines is 1. The number of fused-ring (bicyclic) bond motifs is 1. The van der Waals surface area contributed by atoms with Crippen LogP contribution < -0.4 is 5.32 Å². The first kappa shape index (κ1) is 11.8. The lowest BCUT2D eigenvalue weighted by Gasteiger charge is -2.16. The molecule has 0 bridgehead atoms. The quantitative estimate of drug-likeness (QED) is 0.877. The molecule has 1 aromatic heterocycles. The number of nitrogens with zero attached hydrogens (tertiary/aromatic N) is 2. The highest BCUT2D eigenvalue weighted by Gasteiger charge is 2.16. The van der Waals surface area contributed by atoms with E-state index in [1.165, 1.54) is 5.56 Å². The van der Waals surface area contributed by atoms with Crippen molar-refractivity contribution in [1.82, 2.24) is 15.1 Å². The van der Waals surface area contributed by atoms with Gasteiger partial charge in [-0.05, 0) is 24.1 Å². The van der Waals surface area contributed by atoms with Crippen molar-refractivity contribution in [2.24, 2.45) is 0 Å². The number of nitrogens with one attached hydrogen (secondary N) is 2. The lowest BCUT2D eigenvalue weighted by molar-refractivity contribution is 0.0785. The van der Waals surface area contributed by atoms with E-state index in [0.29, 0.717) is 6.54 Å². The molecular weight excluding hydrogens is 240 g/mol.